The molecule has 0 aliphatic heterocycles. The van der Waals surface area contributed by atoms with E-state index >= 15 is 0 Å². The maximum atomic E-state index is 4.66. The van der Waals surface area contributed by atoms with Gasteiger partial charge in [-0.05, 0) is 12.6 Å². The van der Waals surface area contributed by atoms with Crippen LogP contribution in [0.25, 0.3) is 5.52 Å². The third kappa shape index (κ3) is 3.10. The Balaban J connectivity index is 2.31. The Kier molecular flexibility index (Phi) is 4.28. The average molecular weight is 275 g/mol. The summed E-state index contributed by atoms with van der Waals surface area (Å²) in [5.74, 6) is 0.980. The van der Waals surface area contributed by atoms with E-state index in [1.807, 2.05) is 16.9 Å². The minimum absolute atomic E-state index is 0.0472. The molecule has 0 aliphatic rings. The molecule has 0 saturated heterocycles. The van der Waals surface area contributed by atoms with Crippen molar-refractivity contribution in [1.82, 2.24) is 19.9 Å². The van der Waals surface area contributed by atoms with Gasteiger partial charge in [-0.2, -0.15) is 5.10 Å². The number of anilines is 1. The maximum Gasteiger partial charge on any atom is 0.154 e. The number of aromatic nitrogens is 3. The highest BCUT2D eigenvalue weighted by molar-refractivity contribution is 5.69. The van der Waals surface area contributed by atoms with Crippen molar-refractivity contribution in [3.05, 3.63) is 24.2 Å². The van der Waals surface area contributed by atoms with Crippen LogP contribution in [0, 0.1) is 0 Å². The molecule has 2 aromatic heterocycles. The van der Waals surface area contributed by atoms with Gasteiger partial charge in [0.25, 0.3) is 0 Å². The fourth-order valence-corrected chi connectivity index (χ4v) is 2.10. The Morgan fingerprint density at radius 1 is 1.35 bits per heavy atom. The van der Waals surface area contributed by atoms with Gasteiger partial charge in [-0.25, -0.2) is 9.50 Å². The summed E-state index contributed by atoms with van der Waals surface area (Å²) in [7, 11) is 2.07. The minimum atomic E-state index is 0.0472. The van der Waals surface area contributed by atoms with Crippen LogP contribution in [0.1, 0.15) is 33.4 Å². The van der Waals surface area contributed by atoms with Crippen molar-refractivity contribution in [3.63, 3.8) is 0 Å². The second-order valence-electron chi connectivity index (χ2n) is 6.14. The van der Waals surface area contributed by atoms with Crippen LogP contribution in [-0.4, -0.2) is 41.3 Å². The molecule has 0 saturated carbocycles. The van der Waals surface area contributed by atoms with E-state index < -0.39 is 0 Å². The van der Waals surface area contributed by atoms with Gasteiger partial charge in [0.15, 0.2) is 5.82 Å². The fraction of sp³-hybridized carbons (Fsp3) is 0.600. The van der Waals surface area contributed by atoms with Gasteiger partial charge in [-0.3, -0.25) is 0 Å². The Labute approximate surface area is 121 Å². The van der Waals surface area contributed by atoms with E-state index in [1.165, 1.54) is 0 Å². The Hall–Kier alpha value is -1.62. The smallest absolute Gasteiger partial charge is 0.154 e. The first-order valence-electron chi connectivity index (χ1n) is 7.20. The molecule has 110 valence electrons. The lowest BCUT2D eigenvalue weighted by Crippen LogP contribution is -2.29. The van der Waals surface area contributed by atoms with E-state index in [1.54, 1.807) is 0 Å². The van der Waals surface area contributed by atoms with E-state index in [4.69, 9.17) is 0 Å². The van der Waals surface area contributed by atoms with Gasteiger partial charge < -0.3 is 10.2 Å². The third-order valence-corrected chi connectivity index (χ3v) is 3.37. The number of rotatable bonds is 5. The highest BCUT2D eigenvalue weighted by Gasteiger charge is 2.19. The van der Waals surface area contributed by atoms with E-state index in [0.29, 0.717) is 0 Å². The van der Waals surface area contributed by atoms with Crippen molar-refractivity contribution < 1.29 is 0 Å². The highest BCUT2D eigenvalue weighted by atomic mass is 15.3. The molecule has 20 heavy (non-hydrogen) atoms. The zero-order valence-electron chi connectivity index (χ0n) is 13.1. The second-order valence-corrected chi connectivity index (χ2v) is 6.14. The molecule has 0 bridgehead atoms. The van der Waals surface area contributed by atoms with Crippen LogP contribution in [0.3, 0.4) is 0 Å². The monoisotopic (exact) mass is 275 g/mol. The summed E-state index contributed by atoms with van der Waals surface area (Å²) in [4.78, 5) is 6.69. The first-order chi connectivity index (χ1) is 9.43. The van der Waals surface area contributed by atoms with E-state index in [0.717, 1.165) is 36.7 Å². The first kappa shape index (κ1) is 14.8. The van der Waals surface area contributed by atoms with Gasteiger partial charge in [0, 0.05) is 37.9 Å². The first-order valence-corrected chi connectivity index (χ1v) is 7.20. The molecular formula is C15H25N5. The van der Waals surface area contributed by atoms with E-state index in [9.17, 15) is 0 Å². The van der Waals surface area contributed by atoms with Gasteiger partial charge in [0.05, 0.1) is 5.69 Å². The van der Waals surface area contributed by atoms with Crippen molar-refractivity contribution >= 4 is 11.3 Å². The standard InChI is InChI=1S/C15H25N5/c1-6-16-7-9-19(5)14-12-11-13(15(2,3)4)18-20(12)10-8-17-14/h8,10-11,16H,6-7,9H2,1-5H3. The van der Waals surface area contributed by atoms with Gasteiger partial charge in [0.1, 0.15) is 5.52 Å². The number of hydrogen-bond acceptors (Lipinski definition) is 4. The molecule has 0 amide bonds. The number of nitrogens with zero attached hydrogens (tertiary/aromatic N) is 4. The van der Waals surface area contributed by atoms with Crippen LogP contribution in [0.2, 0.25) is 0 Å². The lowest BCUT2D eigenvalue weighted by atomic mass is 9.92. The number of fused-ring (bicyclic) bond motifs is 1. The molecule has 2 rings (SSSR count). The summed E-state index contributed by atoms with van der Waals surface area (Å²) in [5.41, 5.74) is 2.20. The van der Waals surface area contributed by atoms with Crippen LogP contribution in [0.4, 0.5) is 5.82 Å². The summed E-state index contributed by atoms with van der Waals surface area (Å²) in [5, 5.41) is 7.99. The molecular weight excluding hydrogens is 250 g/mol. The number of nitrogens with one attached hydrogen (secondary N) is 1. The predicted octanol–water partition coefficient (Wildman–Crippen LogP) is 2.07. The Bertz CT molecular complexity index is 567. The van der Waals surface area contributed by atoms with Crippen molar-refractivity contribution in [2.24, 2.45) is 0 Å². The van der Waals surface area contributed by atoms with Gasteiger partial charge in [-0.15, -0.1) is 0 Å². The third-order valence-electron chi connectivity index (χ3n) is 3.37. The maximum absolute atomic E-state index is 4.66. The van der Waals surface area contributed by atoms with Crippen molar-refractivity contribution in [2.75, 3.05) is 31.6 Å². The molecule has 0 fully saturated rings. The van der Waals surface area contributed by atoms with Gasteiger partial charge in [0.2, 0.25) is 0 Å². The van der Waals surface area contributed by atoms with E-state index in [2.05, 4.69) is 61.1 Å². The molecule has 5 nitrogen and oxygen atoms in total. The Morgan fingerprint density at radius 2 is 2.10 bits per heavy atom. The highest BCUT2D eigenvalue weighted by Crippen LogP contribution is 2.25. The van der Waals surface area contributed by atoms with Gasteiger partial charge >= 0.3 is 0 Å². The summed E-state index contributed by atoms with van der Waals surface area (Å²) in [6, 6.07) is 2.14. The molecule has 0 atom stereocenters. The topological polar surface area (TPSA) is 45.5 Å². The largest absolute Gasteiger partial charge is 0.357 e. The molecule has 2 heterocycles. The predicted molar refractivity (Wildman–Crippen MR) is 83.5 cm³/mol. The van der Waals surface area contributed by atoms with Crippen LogP contribution in [-0.2, 0) is 5.41 Å². The molecule has 0 spiro atoms. The van der Waals surface area contributed by atoms with Crippen LogP contribution >= 0.6 is 0 Å². The molecule has 2 aromatic rings. The summed E-state index contributed by atoms with van der Waals surface area (Å²) >= 11 is 0. The minimum Gasteiger partial charge on any atom is -0.357 e. The van der Waals surface area contributed by atoms with Gasteiger partial charge in [-0.1, -0.05) is 27.7 Å². The van der Waals surface area contributed by atoms with Crippen LogP contribution in [0.5, 0.6) is 0 Å². The summed E-state index contributed by atoms with van der Waals surface area (Å²) < 4.78 is 1.92. The van der Waals surface area contributed by atoms with Crippen molar-refractivity contribution in [3.8, 4) is 0 Å². The lowest BCUT2D eigenvalue weighted by molar-refractivity contribution is 0.562. The zero-order chi connectivity index (χ0) is 14.8. The molecule has 5 heteroatoms. The molecule has 0 aliphatic carbocycles. The second kappa shape index (κ2) is 5.79. The zero-order valence-corrected chi connectivity index (χ0v) is 13.1. The number of hydrogen-bond donors (Lipinski definition) is 1. The molecule has 0 radical (unpaired) electrons. The lowest BCUT2D eigenvalue weighted by Gasteiger charge is -2.18. The Morgan fingerprint density at radius 3 is 2.75 bits per heavy atom. The van der Waals surface area contributed by atoms with Crippen LogP contribution in [0.15, 0.2) is 18.5 Å². The molecule has 1 N–H and O–H groups in total. The van der Waals surface area contributed by atoms with Crippen molar-refractivity contribution in [2.45, 2.75) is 33.1 Å². The molecule has 0 unspecified atom stereocenters. The SMILES string of the molecule is CCNCCN(C)c1nccn2nc(C(C)(C)C)cc12. The summed E-state index contributed by atoms with van der Waals surface area (Å²) in [6.45, 7) is 11.5. The molecule has 0 aromatic carbocycles. The van der Waals surface area contributed by atoms with Crippen molar-refractivity contribution in [1.29, 1.82) is 0 Å². The average Bonchev–Trinajstić information content (AvgIpc) is 2.82. The fourth-order valence-electron chi connectivity index (χ4n) is 2.10. The van der Waals surface area contributed by atoms with Crippen LogP contribution < -0.4 is 10.2 Å². The summed E-state index contributed by atoms with van der Waals surface area (Å²) in [6.07, 6.45) is 3.72. The normalized spacial score (nSPS) is 12.1. The quantitative estimate of drug-likeness (QED) is 0.849. The number of likely N-dealkylation sites (N-methyl/N-ethyl adjacent to an activating group) is 2. The van der Waals surface area contributed by atoms with E-state index in [-0.39, 0.29) is 5.41 Å².